The summed E-state index contributed by atoms with van der Waals surface area (Å²) in [5, 5.41) is 7.61. The highest BCUT2D eigenvalue weighted by Crippen LogP contribution is 2.26. The summed E-state index contributed by atoms with van der Waals surface area (Å²) in [4.78, 5) is 40.5. The summed E-state index contributed by atoms with van der Waals surface area (Å²) in [5.41, 5.74) is 1.82. The summed E-state index contributed by atoms with van der Waals surface area (Å²) in [6.45, 7) is 3.54. The second-order valence-corrected chi connectivity index (χ2v) is 6.59. The Morgan fingerprint density at radius 1 is 1.19 bits per heavy atom. The molecule has 1 atom stereocenters. The summed E-state index contributed by atoms with van der Waals surface area (Å²) in [5.74, 6) is -0.799. The van der Waals surface area contributed by atoms with Crippen LogP contribution >= 0.6 is 0 Å². The number of fused-ring (bicyclic) bond motifs is 1. The molecule has 1 fully saturated rings. The first-order valence-electron chi connectivity index (χ1n) is 8.37. The van der Waals surface area contributed by atoms with Gasteiger partial charge in [0.15, 0.2) is 0 Å². The molecule has 4 rings (SSSR count). The van der Waals surface area contributed by atoms with Crippen LogP contribution in [0.1, 0.15) is 28.7 Å². The molecule has 1 aliphatic rings. The number of benzene rings is 1. The molecule has 2 aromatic heterocycles. The van der Waals surface area contributed by atoms with Crippen LogP contribution in [-0.4, -0.2) is 27.2 Å². The van der Waals surface area contributed by atoms with Gasteiger partial charge in [0.1, 0.15) is 16.9 Å². The van der Waals surface area contributed by atoms with Gasteiger partial charge in [0, 0.05) is 17.6 Å². The van der Waals surface area contributed by atoms with Crippen molar-refractivity contribution in [2.45, 2.75) is 19.4 Å². The van der Waals surface area contributed by atoms with E-state index in [0.29, 0.717) is 16.9 Å². The second kappa shape index (κ2) is 5.94. The van der Waals surface area contributed by atoms with E-state index in [1.165, 1.54) is 0 Å². The fourth-order valence-corrected chi connectivity index (χ4v) is 3.11. The largest absolute Gasteiger partial charge is 0.322 e. The minimum Gasteiger partial charge on any atom is -0.321 e. The van der Waals surface area contributed by atoms with Crippen molar-refractivity contribution < 1.29 is 14.4 Å². The van der Waals surface area contributed by atoms with Gasteiger partial charge in [-0.05, 0) is 43.7 Å². The number of aromatic nitrogens is 2. The Kier molecular flexibility index (Phi) is 3.69. The van der Waals surface area contributed by atoms with E-state index >= 15 is 0 Å². The zero-order chi connectivity index (χ0) is 19.2. The van der Waals surface area contributed by atoms with Crippen LogP contribution in [0.25, 0.3) is 5.65 Å². The molecule has 3 heterocycles. The molecule has 8 nitrogen and oxygen atoms in total. The molecule has 1 saturated heterocycles. The van der Waals surface area contributed by atoms with Crippen LogP contribution in [0.2, 0.25) is 0 Å². The number of nitrogens with zero attached hydrogens (tertiary/aromatic N) is 2. The van der Waals surface area contributed by atoms with E-state index in [2.05, 4.69) is 20.9 Å². The quantitative estimate of drug-likeness (QED) is 0.619. The van der Waals surface area contributed by atoms with Gasteiger partial charge in [0.2, 0.25) is 0 Å². The Morgan fingerprint density at radius 3 is 2.67 bits per heavy atom. The van der Waals surface area contributed by atoms with Crippen LogP contribution < -0.4 is 16.0 Å². The van der Waals surface area contributed by atoms with Gasteiger partial charge >= 0.3 is 6.03 Å². The molecule has 27 heavy (non-hydrogen) atoms. The number of hydrogen-bond donors (Lipinski definition) is 3. The molecule has 3 N–H and O–H groups in total. The summed E-state index contributed by atoms with van der Waals surface area (Å²) in [6.07, 6.45) is 1.68. The molecule has 1 aliphatic heterocycles. The highest BCUT2D eigenvalue weighted by atomic mass is 16.2. The molecule has 0 aliphatic carbocycles. The minimum atomic E-state index is -1.18. The third-order valence-corrected chi connectivity index (χ3v) is 4.67. The first-order valence-corrected chi connectivity index (χ1v) is 8.37. The Bertz CT molecular complexity index is 1100. The third-order valence-electron chi connectivity index (χ3n) is 4.67. The maximum atomic E-state index is 12.6. The van der Waals surface area contributed by atoms with E-state index in [1.54, 1.807) is 37.4 Å². The predicted molar refractivity (Wildman–Crippen MR) is 98.4 cm³/mol. The number of imidazole rings is 1. The number of pyridine rings is 1. The van der Waals surface area contributed by atoms with Gasteiger partial charge in [-0.2, -0.15) is 0 Å². The maximum absolute atomic E-state index is 12.6. The van der Waals surface area contributed by atoms with Crippen molar-refractivity contribution in [3.05, 3.63) is 65.6 Å². The molecule has 1 aromatic carbocycles. The van der Waals surface area contributed by atoms with Crippen molar-refractivity contribution >= 4 is 29.2 Å². The molecular formula is C19H17N5O3. The van der Waals surface area contributed by atoms with Gasteiger partial charge in [-0.25, -0.2) is 9.78 Å². The Hall–Kier alpha value is -3.68. The number of hydrogen-bond acceptors (Lipinski definition) is 4. The van der Waals surface area contributed by atoms with E-state index in [4.69, 9.17) is 0 Å². The molecule has 0 spiro atoms. The fraction of sp³-hybridized carbons (Fsp3) is 0.158. The normalized spacial score (nSPS) is 19.0. The molecule has 0 saturated carbocycles. The highest BCUT2D eigenvalue weighted by molar-refractivity contribution is 6.07. The number of carbonyl (C=O) groups is 3. The Morgan fingerprint density at radius 2 is 1.96 bits per heavy atom. The molecule has 0 radical (unpaired) electrons. The topological polar surface area (TPSA) is 105 Å². The lowest BCUT2D eigenvalue weighted by atomic mass is 9.92. The second-order valence-electron chi connectivity index (χ2n) is 6.59. The van der Waals surface area contributed by atoms with Crippen molar-refractivity contribution in [2.24, 2.45) is 0 Å². The Labute approximate surface area is 154 Å². The average molecular weight is 363 g/mol. The number of rotatable bonds is 3. The summed E-state index contributed by atoms with van der Waals surface area (Å²) >= 11 is 0. The van der Waals surface area contributed by atoms with E-state index in [1.807, 2.05) is 29.5 Å². The number of imide groups is 1. The van der Waals surface area contributed by atoms with Crippen molar-refractivity contribution in [1.82, 2.24) is 20.0 Å². The van der Waals surface area contributed by atoms with E-state index in [9.17, 15) is 14.4 Å². The van der Waals surface area contributed by atoms with E-state index in [0.717, 1.165) is 5.69 Å². The summed E-state index contributed by atoms with van der Waals surface area (Å²) in [6, 6.07) is 11.9. The molecular weight excluding hydrogens is 346 g/mol. The van der Waals surface area contributed by atoms with Crippen LogP contribution in [0.4, 0.5) is 10.5 Å². The van der Waals surface area contributed by atoms with Crippen molar-refractivity contribution in [3.63, 3.8) is 0 Å². The zero-order valence-electron chi connectivity index (χ0n) is 14.7. The number of carbonyl (C=O) groups excluding carboxylic acids is 3. The monoisotopic (exact) mass is 363 g/mol. The average Bonchev–Trinajstić information content (AvgIpc) is 3.18. The Balaban J connectivity index is 1.61. The SMILES string of the molecule is Cc1cccc2nc(C(=O)Nc3cccc(C4(C)NC(=O)NC4=O)c3)cn12. The smallest absolute Gasteiger partial charge is 0.321 e. The highest BCUT2D eigenvalue weighted by Gasteiger charge is 2.43. The number of anilines is 1. The summed E-state index contributed by atoms with van der Waals surface area (Å²) < 4.78 is 1.84. The lowest BCUT2D eigenvalue weighted by Gasteiger charge is -2.21. The van der Waals surface area contributed by atoms with Crippen molar-refractivity contribution in [1.29, 1.82) is 0 Å². The number of amides is 4. The van der Waals surface area contributed by atoms with Gasteiger partial charge in [-0.15, -0.1) is 0 Å². The van der Waals surface area contributed by atoms with Gasteiger partial charge in [0.05, 0.1) is 0 Å². The molecule has 4 amide bonds. The van der Waals surface area contributed by atoms with Gasteiger partial charge < -0.3 is 15.0 Å². The molecule has 3 aromatic rings. The fourth-order valence-electron chi connectivity index (χ4n) is 3.11. The predicted octanol–water partition coefficient (Wildman–Crippen LogP) is 1.95. The van der Waals surface area contributed by atoms with Crippen molar-refractivity contribution in [2.75, 3.05) is 5.32 Å². The van der Waals surface area contributed by atoms with E-state index in [-0.39, 0.29) is 11.6 Å². The summed E-state index contributed by atoms with van der Waals surface area (Å²) in [7, 11) is 0. The molecule has 8 heteroatoms. The van der Waals surface area contributed by atoms with Crippen LogP contribution in [-0.2, 0) is 10.3 Å². The molecule has 1 unspecified atom stereocenters. The number of urea groups is 1. The standard InChI is InChI=1S/C19H17N5O3/c1-11-5-3-8-15-21-14(10-24(11)15)16(25)20-13-7-4-6-12(9-13)19(2)17(26)22-18(27)23-19/h3-10H,1-2H3,(H,20,25)(H2,22,23,26,27). The number of nitrogens with one attached hydrogen (secondary N) is 3. The molecule has 0 bridgehead atoms. The van der Waals surface area contributed by atoms with Gasteiger partial charge in [0.25, 0.3) is 11.8 Å². The third kappa shape index (κ3) is 2.80. The lowest BCUT2D eigenvalue weighted by molar-refractivity contribution is -0.123. The van der Waals surface area contributed by atoms with Crippen molar-refractivity contribution in [3.8, 4) is 0 Å². The lowest BCUT2D eigenvalue weighted by Crippen LogP contribution is -2.40. The van der Waals surface area contributed by atoms with Crippen LogP contribution in [0.3, 0.4) is 0 Å². The van der Waals surface area contributed by atoms with Crippen LogP contribution in [0, 0.1) is 6.92 Å². The molecule has 136 valence electrons. The zero-order valence-corrected chi connectivity index (χ0v) is 14.7. The first-order chi connectivity index (χ1) is 12.9. The first kappa shape index (κ1) is 16.8. The van der Waals surface area contributed by atoms with Crippen LogP contribution in [0.5, 0.6) is 0 Å². The van der Waals surface area contributed by atoms with Crippen LogP contribution in [0.15, 0.2) is 48.7 Å². The van der Waals surface area contributed by atoms with Gasteiger partial charge in [-0.3, -0.25) is 14.9 Å². The maximum Gasteiger partial charge on any atom is 0.322 e. The van der Waals surface area contributed by atoms with Gasteiger partial charge in [-0.1, -0.05) is 18.2 Å². The van der Waals surface area contributed by atoms with E-state index < -0.39 is 17.5 Å². The number of aryl methyl sites for hydroxylation is 1. The minimum absolute atomic E-state index is 0.285.